The molecule has 3 heteroatoms. The fraction of sp³-hybridized carbons (Fsp3) is 0.444. The van der Waals surface area contributed by atoms with Gasteiger partial charge >= 0.3 is 0 Å². The van der Waals surface area contributed by atoms with E-state index in [4.69, 9.17) is 5.73 Å². The quantitative estimate of drug-likeness (QED) is 0.862. The van der Waals surface area contributed by atoms with Gasteiger partial charge in [-0.1, -0.05) is 0 Å². The first-order valence-corrected chi connectivity index (χ1v) is 4.84. The van der Waals surface area contributed by atoms with Crippen molar-refractivity contribution in [3.63, 3.8) is 0 Å². The summed E-state index contributed by atoms with van der Waals surface area (Å²) in [6.45, 7) is 2.01. The zero-order valence-electron chi connectivity index (χ0n) is 7.13. The van der Waals surface area contributed by atoms with E-state index >= 15 is 0 Å². The Morgan fingerprint density at radius 1 is 1.58 bits per heavy atom. The molecule has 2 N–H and O–H groups in total. The van der Waals surface area contributed by atoms with Crippen molar-refractivity contribution in [2.45, 2.75) is 25.8 Å². The van der Waals surface area contributed by atoms with Crippen LogP contribution in [0, 0.1) is 0 Å². The van der Waals surface area contributed by atoms with Gasteiger partial charge in [-0.05, 0) is 47.8 Å². The number of hydrogen-bond donors (Lipinski definition) is 1. The second-order valence-electron chi connectivity index (χ2n) is 2.98. The molecule has 1 atom stereocenters. The fourth-order valence-corrected chi connectivity index (χ4v) is 1.16. The monoisotopic (exact) mass is 228 g/mol. The van der Waals surface area contributed by atoms with Crippen LogP contribution in [0.25, 0.3) is 0 Å². The molecule has 2 nitrogen and oxygen atoms in total. The highest BCUT2D eigenvalue weighted by molar-refractivity contribution is 9.10. The van der Waals surface area contributed by atoms with Crippen molar-refractivity contribution >= 4 is 15.9 Å². The van der Waals surface area contributed by atoms with Crippen LogP contribution >= 0.6 is 15.9 Å². The van der Waals surface area contributed by atoms with Crippen molar-refractivity contribution in [1.82, 2.24) is 4.98 Å². The third-order valence-corrected chi connectivity index (χ3v) is 2.11. The predicted molar refractivity (Wildman–Crippen MR) is 53.9 cm³/mol. The van der Waals surface area contributed by atoms with Gasteiger partial charge in [0.2, 0.25) is 0 Å². The molecule has 0 aromatic carbocycles. The van der Waals surface area contributed by atoms with E-state index in [1.165, 1.54) is 0 Å². The molecule has 0 aliphatic heterocycles. The molecule has 0 spiro atoms. The van der Waals surface area contributed by atoms with Crippen LogP contribution in [0.2, 0.25) is 0 Å². The zero-order valence-corrected chi connectivity index (χ0v) is 8.71. The fourth-order valence-electron chi connectivity index (χ4n) is 0.930. The molecule has 0 unspecified atom stereocenters. The molecule has 1 aromatic rings. The van der Waals surface area contributed by atoms with Crippen molar-refractivity contribution in [3.8, 4) is 0 Å². The minimum absolute atomic E-state index is 0.260. The number of rotatable bonds is 3. The molecule has 0 fully saturated rings. The first-order valence-electron chi connectivity index (χ1n) is 4.04. The van der Waals surface area contributed by atoms with E-state index < -0.39 is 0 Å². The maximum Gasteiger partial charge on any atom is 0.0413 e. The average Bonchev–Trinajstić information content (AvgIpc) is 2.03. The standard InChI is InChI=1S/C9H13BrN2/c1-7(11)2-4-9-5-3-8(10)6-12-9/h3,5-7H,2,4,11H2,1H3/t7-/m1/s1. The number of nitrogens with two attached hydrogens (primary N) is 1. The number of aryl methyl sites for hydroxylation is 1. The van der Waals surface area contributed by atoms with E-state index in [9.17, 15) is 0 Å². The van der Waals surface area contributed by atoms with E-state index in [-0.39, 0.29) is 6.04 Å². The molecule has 1 aromatic heterocycles. The zero-order chi connectivity index (χ0) is 8.97. The van der Waals surface area contributed by atoms with Crippen LogP contribution in [-0.4, -0.2) is 11.0 Å². The van der Waals surface area contributed by atoms with Crippen LogP contribution in [0.4, 0.5) is 0 Å². The normalized spacial score (nSPS) is 12.9. The van der Waals surface area contributed by atoms with Gasteiger partial charge < -0.3 is 5.73 Å². The number of aromatic nitrogens is 1. The van der Waals surface area contributed by atoms with Crippen LogP contribution in [-0.2, 0) is 6.42 Å². The summed E-state index contributed by atoms with van der Waals surface area (Å²) in [5.74, 6) is 0. The SMILES string of the molecule is C[C@@H](N)CCc1ccc(Br)cn1. The third-order valence-electron chi connectivity index (χ3n) is 1.64. The van der Waals surface area contributed by atoms with Gasteiger partial charge in [-0.3, -0.25) is 4.98 Å². The summed E-state index contributed by atoms with van der Waals surface area (Å²) in [5, 5.41) is 0. The lowest BCUT2D eigenvalue weighted by atomic mass is 10.1. The highest BCUT2D eigenvalue weighted by atomic mass is 79.9. The van der Waals surface area contributed by atoms with Crippen molar-refractivity contribution in [1.29, 1.82) is 0 Å². The molecule has 12 heavy (non-hydrogen) atoms. The Balaban J connectivity index is 2.48. The first-order chi connectivity index (χ1) is 5.68. The molecule has 1 heterocycles. The molecular formula is C9H13BrN2. The Morgan fingerprint density at radius 3 is 2.83 bits per heavy atom. The largest absolute Gasteiger partial charge is 0.328 e. The van der Waals surface area contributed by atoms with Gasteiger partial charge in [-0.15, -0.1) is 0 Å². The minimum Gasteiger partial charge on any atom is -0.328 e. The van der Waals surface area contributed by atoms with Crippen molar-refractivity contribution in [2.75, 3.05) is 0 Å². The maximum atomic E-state index is 5.63. The van der Waals surface area contributed by atoms with Gasteiger partial charge in [0.15, 0.2) is 0 Å². The van der Waals surface area contributed by atoms with Crippen molar-refractivity contribution in [2.24, 2.45) is 5.73 Å². The van der Waals surface area contributed by atoms with Gasteiger partial charge in [-0.25, -0.2) is 0 Å². The second kappa shape index (κ2) is 4.58. The molecule has 0 saturated carbocycles. The minimum atomic E-state index is 0.260. The summed E-state index contributed by atoms with van der Waals surface area (Å²) in [6, 6.07) is 4.28. The van der Waals surface area contributed by atoms with E-state index in [1.807, 2.05) is 25.3 Å². The molecule has 1 rings (SSSR count). The van der Waals surface area contributed by atoms with Crippen LogP contribution < -0.4 is 5.73 Å². The summed E-state index contributed by atoms with van der Waals surface area (Å²) in [5.41, 5.74) is 6.74. The number of nitrogens with zero attached hydrogens (tertiary/aromatic N) is 1. The number of halogens is 1. The average molecular weight is 229 g/mol. The lowest BCUT2D eigenvalue weighted by molar-refractivity contribution is 0.658. The Labute approximate surface area is 81.3 Å². The van der Waals surface area contributed by atoms with Crippen molar-refractivity contribution < 1.29 is 0 Å². The summed E-state index contributed by atoms with van der Waals surface area (Å²) < 4.78 is 1.02. The Bertz CT molecular complexity index is 231. The summed E-state index contributed by atoms with van der Waals surface area (Å²) in [6.07, 6.45) is 3.77. The smallest absolute Gasteiger partial charge is 0.0413 e. The first kappa shape index (κ1) is 9.68. The van der Waals surface area contributed by atoms with E-state index in [0.29, 0.717) is 0 Å². The molecule has 0 aliphatic rings. The highest BCUT2D eigenvalue weighted by Gasteiger charge is 1.97. The summed E-state index contributed by atoms with van der Waals surface area (Å²) >= 11 is 3.34. The summed E-state index contributed by atoms with van der Waals surface area (Å²) in [4.78, 5) is 4.25. The van der Waals surface area contributed by atoms with Crippen molar-refractivity contribution in [3.05, 3.63) is 28.5 Å². The molecular weight excluding hydrogens is 216 g/mol. The number of pyridine rings is 1. The molecule has 0 amide bonds. The third kappa shape index (κ3) is 3.32. The van der Waals surface area contributed by atoms with Crippen LogP contribution in [0.5, 0.6) is 0 Å². The van der Waals surface area contributed by atoms with Gasteiger partial charge in [-0.2, -0.15) is 0 Å². The molecule has 0 radical (unpaired) electrons. The topological polar surface area (TPSA) is 38.9 Å². The maximum absolute atomic E-state index is 5.63. The molecule has 66 valence electrons. The molecule has 0 aliphatic carbocycles. The predicted octanol–water partition coefficient (Wildman–Crippen LogP) is 2.12. The second-order valence-corrected chi connectivity index (χ2v) is 3.90. The van der Waals surface area contributed by atoms with Gasteiger partial charge in [0, 0.05) is 22.4 Å². The Morgan fingerprint density at radius 2 is 2.33 bits per heavy atom. The summed E-state index contributed by atoms with van der Waals surface area (Å²) in [7, 11) is 0. The van der Waals surface area contributed by atoms with Gasteiger partial charge in [0.1, 0.15) is 0 Å². The van der Waals surface area contributed by atoms with Crippen LogP contribution in [0.1, 0.15) is 19.0 Å². The molecule has 0 saturated heterocycles. The number of hydrogen-bond acceptors (Lipinski definition) is 2. The van der Waals surface area contributed by atoms with E-state index in [1.54, 1.807) is 0 Å². The highest BCUT2D eigenvalue weighted by Crippen LogP contribution is 2.08. The van der Waals surface area contributed by atoms with Gasteiger partial charge in [0.25, 0.3) is 0 Å². The lowest BCUT2D eigenvalue weighted by Crippen LogP contribution is -2.15. The van der Waals surface area contributed by atoms with Crippen LogP contribution in [0.15, 0.2) is 22.8 Å². The van der Waals surface area contributed by atoms with Gasteiger partial charge in [0.05, 0.1) is 0 Å². The molecule has 0 bridgehead atoms. The Kier molecular flexibility index (Phi) is 3.69. The van der Waals surface area contributed by atoms with E-state index in [2.05, 4.69) is 20.9 Å². The van der Waals surface area contributed by atoms with E-state index in [0.717, 1.165) is 23.0 Å². The Hall–Kier alpha value is -0.410. The van der Waals surface area contributed by atoms with Crippen LogP contribution in [0.3, 0.4) is 0 Å². The lowest BCUT2D eigenvalue weighted by Gasteiger charge is -2.03.